The van der Waals surface area contributed by atoms with Gasteiger partial charge in [-0.15, -0.1) is 0 Å². The number of ether oxygens (including phenoxy) is 1. The summed E-state index contributed by atoms with van der Waals surface area (Å²) in [6.07, 6.45) is -0.502. The Labute approximate surface area is 110 Å². The fraction of sp³-hybridized carbons (Fsp3) is 0.700. The predicted octanol–water partition coefficient (Wildman–Crippen LogP) is -2.03. The highest BCUT2D eigenvalue weighted by atomic mass is 16.5. The quantitative estimate of drug-likeness (QED) is 0.382. The number of carbonyl (C=O) groups excluding carboxylic acids is 2. The van der Waals surface area contributed by atoms with E-state index in [-0.39, 0.29) is 26.3 Å². The molecule has 19 heavy (non-hydrogen) atoms. The van der Waals surface area contributed by atoms with Gasteiger partial charge in [0.15, 0.2) is 0 Å². The van der Waals surface area contributed by atoms with Crippen molar-refractivity contribution in [2.24, 2.45) is 5.73 Å². The van der Waals surface area contributed by atoms with E-state index in [0.717, 1.165) is 0 Å². The maximum Gasteiger partial charge on any atom is 0.326 e. The average Bonchev–Trinajstić information content (AvgIpc) is 2.32. The third-order valence-corrected chi connectivity index (χ3v) is 2.22. The summed E-state index contributed by atoms with van der Waals surface area (Å²) in [5, 5.41) is 19.8. The third-order valence-electron chi connectivity index (χ3n) is 2.22. The summed E-state index contributed by atoms with van der Waals surface area (Å²) in [6.45, 7) is 0.176. The number of nitrogens with two attached hydrogens (primary N) is 1. The first-order valence-corrected chi connectivity index (χ1v) is 5.58. The number of aliphatic hydroxyl groups excluding tert-OH is 1. The molecule has 1 atom stereocenters. The van der Waals surface area contributed by atoms with Crippen LogP contribution in [0.25, 0.3) is 0 Å². The van der Waals surface area contributed by atoms with Gasteiger partial charge in [-0.3, -0.25) is 4.79 Å². The third kappa shape index (κ3) is 7.21. The summed E-state index contributed by atoms with van der Waals surface area (Å²) in [6, 6.07) is -2.10. The second-order valence-electron chi connectivity index (χ2n) is 3.71. The molecule has 5 N–H and O–H groups in total. The summed E-state index contributed by atoms with van der Waals surface area (Å²) in [7, 11) is 1.45. The van der Waals surface area contributed by atoms with Gasteiger partial charge in [0, 0.05) is 20.2 Å². The Balaban J connectivity index is 4.55. The average molecular weight is 277 g/mol. The lowest BCUT2D eigenvalue weighted by Crippen LogP contribution is -2.50. The smallest absolute Gasteiger partial charge is 0.326 e. The van der Waals surface area contributed by atoms with Crippen LogP contribution in [0.3, 0.4) is 0 Å². The van der Waals surface area contributed by atoms with Gasteiger partial charge in [-0.1, -0.05) is 0 Å². The summed E-state index contributed by atoms with van der Waals surface area (Å²) >= 11 is 0. The van der Waals surface area contributed by atoms with E-state index in [1.54, 1.807) is 0 Å². The Kier molecular flexibility index (Phi) is 8.22. The Morgan fingerprint density at radius 3 is 2.42 bits per heavy atom. The molecule has 0 aromatic rings. The largest absolute Gasteiger partial charge is 0.480 e. The molecule has 0 bridgehead atoms. The van der Waals surface area contributed by atoms with Crippen molar-refractivity contribution in [1.82, 2.24) is 10.2 Å². The number of methoxy groups -OCH3 is 1. The van der Waals surface area contributed by atoms with Gasteiger partial charge in [-0.25, -0.2) is 9.59 Å². The number of hydrogen-bond acceptors (Lipinski definition) is 5. The summed E-state index contributed by atoms with van der Waals surface area (Å²) in [5.41, 5.74) is 4.89. The van der Waals surface area contributed by atoms with E-state index in [0.29, 0.717) is 0 Å². The predicted molar refractivity (Wildman–Crippen MR) is 64.3 cm³/mol. The minimum Gasteiger partial charge on any atom is -0.480 e. The van der Waals surface area contributed by atoms with Crippen molar-refractivity contribution < 1.29 is 29.3 Å². The van der Waals surface area contributed by atoms with Crippen molar-refractivity contribution >= 4 is 17.9 Å². The molecule has 0 fully saturated rings. The van der Waals surface area contributed by atoms with Crippen LogP contribution in [0.1, 0.15) is 6.42 Å². The number of hydrogen-bond donors (Lipinski definition) is 4. The number of carboxylic acid groups (broad SMARTS) is 1. The van der Waals surface area contributed by atoms with Gasteiger partial charge in [-0.2, -0.15) is 0 Å². The zero-order chi connectivity index (χ0) is 14.8. The van der Waals surface area contributed by atoms with Gasteiger partial charge < -0.3 is 30.9 Å². The molecule has 0 aliphatic heterocycles. The van der Waals surface area contributed by atoms with E-state index in [4.69, 9.17) is 20.7 Å². The molecule has 110 valence electrons. The number of primary amides is 1. The molecule has 9 heteroatoms. The number of amides is 3. The Morgan fingerprint density at radius 2 is 2.00 bits per heavy atom. The lowest BCUT2D eigenvalue weighted by atomic mass is 10.2. The molecule has 9 nitrogen and oxygen atoms in total. The molecular weight excluding hydrogens is 258 g/mol. The normalized spacial score (nSPS) is 11.7. The molecule has 0 radical (unpaired) electrons. The van der Waals surface area contributed by atoms with Crippen molar-refractivity contribution in [2.45, 2.75) is 12.5 Å². The van der Waals surface area contributed by atoms with Crippen LogP contribution < -0.4 is 11.1 Å². The van der Waals surface area contributed by atoms with Gasteiger partial charge >= 0.3 is 12.0 Å². The first kappa shape index (κ1) is 17.1. The first-order valence-electron chi connectivity index (χ1n) is 5.58. The van der Waals surface area contributed by atoms with Crippen LogP contribution in [0.5, 0.6) is 0 Å². The molecule has 0 saturated carbocycles. The standard InChI is InChI=1S/C10H19N3O6/c1-19-5-3-13(2-4-14)10(18)12-7(9(16)17)6-8(11)15/h7,14H,2-6H2,1H3,(H2,11,15)(H,12,18)(H,16,17)/t7-/m0/s1. The van der Waals surface area contributed by atoms with Crippen LogP contribution in [0.4, 0.5) is 4.79 Å². The number of aliphatic hydroxyl groups is 1. The van der Waals surface area contributed by atoms with Crippen LogP contribution in [0, 0.1) is 0 Å². The number of nitrogens with one attached hydrogen (secondary N) is 1. The first-order chi connectivity index (χ1) is 8.92. The molecule has 0 aromatic carbocycles. The van der Waals surface area contributed by atoms with Crippen LogP contribution in [0.2, 0.25) is 0 Å². The summed E-state index contributed by atoms with van der Waals surface area (Å²) in [4.78, 5) is 34.5. The van der Waals surface area contributed by atoms with Crippen molar-refractivity contribution in [3.05, 3.63) is 0 Å². The fourth-order valence-electron chi connectivity index (χ4n) is 1.28. The van der Waals surface area contributed by atoms with E-state index >= 15 is 0 Å². The van der Waals surface area contributed by atoms with E-state index in [1.807, 2.05) is 0 Å². The number of urea groups is 1. The van der Waals surface area contributed by atoms with Crippen LogP contribution in [-0.2, 0) is 14.3 Å². The van der Waals surface area contributed by atoms with Gasteiger partial charge in [-0.05, 0) is 0 Å². The minimum atomic E-state index is -1.39. The van der Waals surface area contributed by atoms with Crippen LogP contribution in [-0.4, -0.2) is 72.5 Å². The molecule has 0 unspecified atom stereocenters. The molecule has 0 saturated heterocycles. The molecule has 0 aliphatic carbocycles. The lowest BCUT2D eigenvalue weighted by Gasteiger charge is -2.23. The lowest BCUT2D eigenvalue weighted by molar-refractivity contribution is -0.140. The fourth-order valence-corrected chi connectivity index (χ4v) is 1.28. The molecule has 0 spiro atoms. The van der Waals surface area contributed by atoms with Gasteiger partial charge in [0.25, 0.3) is 0 Å². The van der Waals surface area contributed by atoms with Crippen molar-refractivity contribution in [2.75, 3.05) is 33.4 Å². The Morgan fingerprint density at radius 1 is 1.37 bits per heavy atom. The van der Waals surface area contributed by atoms with E-state index in [9.17, 15) is 14.4 Å². The maximum atomic E-state index is 11.8. The molecular formula is C10H19N3O6. The number of nitrogens with zero attached hydrogens (tertiary/aromatic N) is 1. The molecule has 0 aromatic heterocycles. The van der Waals surface area contributed by atoms with Gasteiger partial charge in [0.1, 0.15) is 6.04 Å². The zero-order valence-electron chi connectivity index (χ0n) is 10.7. The van der Waals surface area contributed by atoms with E-state index in [1.165, 1.54) is 12.0 Å². The van der Waals surface area contributed by atoms with Crippen molar-refractivity contribution in [3.8, 4) is 0 Å². The maximum absolute atomic E-state index is 11.8. The second-order valence-corrected chi connectivity index (χ2v) is 3.71. The molecule has 0 aliphatic rings. The number of rotatable bonds is 9. The highest BCUT2D eigenvalue weighted by Crippen LogP contribution is 1.96. The van der Waals surface area contributed by atoms with Crippen LogP contribution in [0.15, 0.2) is 0 Å². The Bertz CT molecular complexity index is 322. The van der Waals surface area contributed by atoms with Crippen molar-refractivity contribution in [3.63, 3.8) is 0 Å². The number of carbonyl (C=O) groups is 3. The second kappa shape index (κ2) is 9.11. The minimum absolute atomic E-state index is 0.0259. The summed E-state index contributed by atoms with van der Waals surface area (Å²) in [5.74, 6) is -2.19. The highest BCUT2D eigenvalue weighted by molar-refractivity contribution is 5.87. The molecule has 3 amide bonds. The van der Waals surface area contributed by atoms with Gasteiger partial charge in [0.05, 0.1) is 19.6 Å². The molecule has 0 rings (SSSR count). The number of aliphatic carboxylic acids is 1. The van der Waals surface area contributed by atoms with Crippen molar-refractivity contribution in [1.29, 1.82) is 0 Å². The summed E-state index contributed by atoms with van der Waals surface area (Å²) < 4.78 is 4.79. The molecule has 0 heterocycles. The SMILES string of the molecule is COCCN(CCO)C(=O)N[C@@H](CC(N)=O)C(=O)O. The Hall–Kier alpha value is -1.87. The number of carboxylic acids is 1. The van der Waals surface area contributed by atoms with Crippen LogP contribution >= 0.6 is 0 Å². The van der Waals surface area contributed by atoms with E-state index in [2.05, 4.69) is 5.32 Å². The highest BCUT2D eigenvalue weighted by Gasteiger charge is 2.24. The van der Waals surface area contributed by atoms with E-state index < -0.39 is 30.4 Å². The monoisotopic (exact) mass is 277 g/mol. The topological polar surface area (TPSA) is 142 Å². The zero-order valence-corrected chi connectivity index (χ0v) is 10.7. The van der Waals surface area contributed by atoms with Gasteiger partial charge in [0.2, 0.25) is 5.91 Å².